The molecule has 0 heterocycles. The third kappa shape index (κ3) is 3.67. The van der Waals surface area contributed by atoms with Gasteiger partial charge in [0.2, 0.25) is 5.91 Å². The molecule has 19 heavy (non-hydrogen) atoms. The van der Waals surface area contributed by atoms with Gasteiger partial charge in [0.05, 0.1) is 6.42 Å². The number of carbonyl (C=O) groups excluding carboxylic acids is 2. The molecule has 96 valence electrons. The largest absolute Gasteiger partial charge is 0.399 e. The Labute approximate surface area is 111 Å². The summed E-state index contributed by atoms with van der Waals surface area (Å²) in [6.45, 7) is 0. The van der Waals surface area contributed by atoms with Crippen molar-refractivity contribution in [2.45, 2.75) is 6.42 Å². The van der Waals surface area contributed by atoms with Crippen molar-refractivity contribution in [1.29, 1.82) is 0 Å². The lowest BCUT2D eigenvalue weighted by Gasteiger charge is -2.05. The van der Waals surface area contributed by atoms with Crippen molar-refractivity contribution in [2.24, 2.45) is 0 Å². The third-order valence-electron chi connectivity index (χ3n) is 2.59. The summed E-state index contributed by atoms with van der Waals surface area (Å²) >= 11 is 0. The Morgan fingerprint density at radius 2 is 1.74 bits per heavy atom. The highest BCUT2D eigenvalue weighted by Gasteiger charge is 2.11. The molecule has 0 aliphatic heterocycles. The van der Waals surface area contributed by atoms with Gasteiger partial charge in [-0.1, -0.05) is 36.4 Å². The summed E-state index contributed by atoms with van der Waals surface area (Å²) in [5.74, 6) is -0.554. The first kappa shape index (κ1) is 12.8. The lowest BCUT2D eigenvalue weighted by molar-refractivity contribution is -0.115. The summed E-state index contributed by atoms with van der Waals surface area (Å²) in [5.41, 5.74) is 7.29. The number of anilines is 2. The molecule has 0 aromatic heterocycles. The molecule has 2 aromatic rings. The van der Waals surface area contributed by atoms with Crippen LogP contribution in [0.15, 0.2) is 54.6 Å². The summed E-state index contributed by atoms with van der Waals surface area (Å²) < 4.78 is 0. The molecule has 4 heteroatoms. The van der Waals surface area contributed by atoms with Gasteiger partial charge in [-0.05, 0) is 18.2 Å². The minimum absolute atomic E-state index is 0.182. The fourth-order valence-corrected chi connectivity index (χ4v) is 1.69. The molecule has 0 fully saturated rings. The fourth-order valence-electron chi connectivity index (χ4n) is 1.69. The van der Waals surface area contributed by atoms with Crippen LogP contribution in [0.1, 0.15) is 16.8 Å². The van der Waals surface area contributed by atoms with Crippen LogP contribution in [0, 0.1) is 0 Å². The Balaban J connectivity index is 1.97. The van der Waals surface area contributed by atoms with E-state index in [9.17, 15) is 9.59 Å². The molecular weight excluding hydrogens is 240 g/mol. The van der Waals surface area contributed by atoms with Crippen LogP contribution in [0.3, 0.4) is 0 Å². The van der Waals surface area contributed by atoms with E-state index in [0.29, 0.717) is 16.9 Å². The zero-order chi connectivity index (χ0) is 13.7. The van der Waals surface area contributed by atoms with E-state index >= 15 is 0 Å². The lowest BCUT2D eigenvalue weighted by atomic mass is 10.1. The number of nitrogens with two attached hydrogens (primary N) is 1. The first-order chi connectivity index (χ1) is 9.15. The monoisotopic (exact) mass is 254 g/mol. The van der Waals surface area contributed by atoms with Crippen molar-refractivity contribution in [3.05, 3.63) is 60.2 Å². The zero-order valence-corrected chi connectivity index (χ0v) is 10.3. The number of rotatable bonds is 4. The Morgan fingerprint density at radius 1 is 1.00 bits per heavy atom. The molecule has 0 aliphatic carbocycles. The maximum atomic E-state index is 11.8. The van der Waals surface area contributed by atoms with Crippen LogP contribution >= 0.6 is 0 Å². The van der Waals surface area contributed by atoms with Gasteiger partial charge in [0.15, 0.2) is 5.78 Å². The van der Waals surface area contributed by atoms with Crippen LogP contribution in [0.5, 0.6) is 0 Å². The van der Waals surface area contributed by atoms with Crippen molar-refractivity contribution in [3.8, 4) is 0 Å². The predicted octanol–water partition coefficient (Wildman–Crippen LogP) is 2.48. The van der Waals surface area contributed by atoms with Crippen molar-refractivity contribution in [1.82, 2.24) is 0 Å². The summed E-state index contributed by atoms with van der Waals surface area (Å²) in [6.07, 6.45) is -0.182. The van der Waals surface area contributed by atoms with E-state index in [1.54, 1.807) is 48.5 Å². The minimum atomic E-state index is -0.348. The van der Waals surface area contributed by atoms with Crippen LogP contribution in [-0.4, -0.2) is 11.7 Å². The van der Waals surface area contributed by atoms with Crippen LogP contribution in [-0.2, 0) is 4.79 Å². The molecule has 0 spiro atoms. The fraction of sp³-hybridized carbons (Fsp3) is 0.0667. The van der Waals surface area contributed by atoms with Crippen molar-refractivity contribution >= 4 is 23.1 Å². The molecule has 0 bridgehead atoms. The molecule has 0 radical (unpaired) electrons. The average Bonchev–Trinajstić information content (AvgIpc) is 2.39. The van der Waals surface area contributed by atoms with Crippen molar-refractivity contribution in [2.75, 3.05) is 11.1 Å². The minimum Gasteiger partial charge on any atom is -0.399 e. The number of hydrogen-bond acceptors (Lipinski definition) is 3. The molecule has 0 saturated carbocycles. The van der Waals surface area contributed by atoms with E-state index in [2.05, 4.69) is 5.32 Å². The maximum absolute atomic E-state index is 11.8. The van der Waals surface area contributed by atoms with Gasteiger partial charge >= 0.3 is 0 Å². The number of benzene rings is 2. The molecule has 0 aliphatic rings. The molecule has 0 unspecified atom stereocenters. The number of carbonyl (C=O) groups is 2. The van der Waals surface area contributed by atoms with E-state index in [1.165, 1.54) is 0 Å². The van der Waals surface area contributed by atoms with Gasteiger partial charge < -0.3 is 11.1 Å². The Hall–Kier alpha value is -2.62. The highest BCUT2D eigenvalue weighted by molar-refractivity contribution is 6.11. The van der Waals surface area contributed by atoms with Crippen molar-refractivity contribution in [3.63, 3.8) is 0 Å². The van der Waals surface area contributed by atoms with E-state index in [1.807, 2.05) is 6.07 Å². The average molecular weight is 254 g/mol. The molecule has 2 aromatic carbocycles. The maximum Gasteiger partial charge on any atom is 0.232 e. The van der Waals surface area contributed by atoms with E-state index < -0.39 is 0 Å². The van der Waals surface area contributed by atoms with Gasteiger partial charge in [0, 0.05) is 16.9 Å². The molecule has 0 saturated heterocycles. The Morgan fingerprint density at radius 3 is 2.42 bits per heavy atom. The van der Waals surface area contributed by atoms with Crippen LogP contribution < -0.4 is 11.1 Å². The molecule has 1 amide bonds. The van der Waals surface area contributed by atoms with Crippen LogP contribution in [0.2, 0.25) is 0 Å². The number of hydrogen-bond donors (Lipinski definition) is 2. The first-order valence-electron chi connectivity index (χ1n) is 5.89. The summed E-state index contributed by atoms with van der Waals surface area (Å²) in [4.78, 5) is 23.6. The number of nitrogen functional groups attached to an aromatic ring is 1. The van der Waals surface area contributed by atoms with Crippen molar-refractivity contribution < 1.29 is 9.59 Å². The quantitative estimate of drug-likeness (QED) is 0.500. The van der Waals surface area contributed by atoms with Gasteiger partial charge in [-0.15, -0.1) is 0 Å². The second-order valence-corrected chi connectivity index (χ2v) is 4.14. The topological polar surface area (TPSA) is 72.2 Å². The van der Waals surface area contributed by atoms with Gasteiger partial charge in [-0.2, -0.15) is 0 Å². The van der Waals surface area contributed by atoms with Crippen LogP contribution in [0.25, 0.3) is 0 Å². The third-order valence-corrected chi connectivity index (χ3v) is 2.59. The lowest BCUT2D eigenvalue weighted by Crippen LogP contribution is -2.16. The molecule has 0 atom stereocenters. The first-order valence-corrected chi connectivity index (χ1v) is 5.89. The smallest absolute Gasteiger partial charge is 0.232 e. The van der Waals surface area contributed by atoms with Gasteiger partial charge in [0.25, 0.3) is 0 Å². The summed E-state index contributed by atoms with van der Waals surface area (Å²) in [6, 6.07) is 15.6. The number of nitrogens with one attached hydrogen (secondary N) is 1. The summed E-state index contributed by atoms with van der Waals surface area (Å²) in [5, 5.41) is 2.64. The molecule has 4 nitrogen and oxygen atoms in total. The Bertz CT molecular complexity index is 594. The number of amides is 1. The second kappa shape index (κ2) is 5.82. The predicted molar refractivity (Wildman–Crippen MR) is 74.9 cm³/mol. The normalized spacial score (nSPS) is 9.89. The van der Waals surface area contributed by atoms with E-state index in [0.717, 1.165) is 0 Å². The molecular formula is C15H14N2O2. The van der Waals surface area contributed by atoms with Gasteiger partial charge in [-0.25, -0.2) is 0 Å². The second-order valence-electron chi connectivity index (χ2n) is 4.14. The van der Waals surface area contributed by atoms with Gasteiger partial charge in [0.1, 0.15) is 0 Å². The van der Waals surface area contributed by atoms with E-state index in [-0.39, 0.29) is 18.1 Å². The SMILES string of the molecule is Nc1cccc(NC(=O)CC(=O)c2ccccc2)c1. The van der Waals surface area contributed by atoms with E-state index in [4.69, 9.17) is 5.73 Å². The standard InChI is InChI=1S/C15H14N2O2/c16-12-7-4-8-13(9-12)17-15(19)10-14(18)11-5-2-1-3-6-11/h1-9H,10,16H2,(H,17,19). The highest BCUT2D eigenvalue weighted by atomic mass is 16.2. The van der Waals surface area contributed by atoms with Gasteiger partial charge in [-0.3, -0.25) is 9.59 Å². The Kier molecular flexibility index (Phi) is 3.93. The number of Topliss-reactive ketones (excluding diaryl/α,β-unsaturated/α-hetero) is 1. The summed E-state index contributed by atoms with van der Waals surface area (Å²) in [7, 11) is 0. The zero-order valence-electron chi connectivity index (χ0n) is 10.3. The number of ketones is 1. The highest BCUT2D eigenvalue weighted by Crippen LogP contribution is 2.12. The van der Waals surface area contributed by atoms with Crippen LogP contribution in [0.4, 0.5) is 11.4 Å². The molecule has 2 rings (SSSR count). The molecule has 3 N–H and O–H groups in total.